The summed E-state index contributed by atoms with van der Waals surface area (Å²) in [6.45, 7) is 4.41. The lowest BCUT2D eigenvalue weighted by atomic mass is 9.93. The molecule has 0 spiro atoms. The number of carbonyl (C=O) groups is 2. The van der Waals surface area contributed by atoms with Gasteiger partial charge >= 0.3 is 0 Å². The van der Waals surface area contributed by atoms with Gasteiger partial charge in [-0.15, -0.1) is 0 Å². The summed E-state index contributed by atoms with van der Waals surface area (Å²) in [5.41, 5.74) is 2.71. The Kier molecular flexibility index (Phi) is 6.63. The van der Waals surface area contributed by atoms with Crippen molar-refractivity contribution in [2.45, 2.75) is 26.4 Å². The van der Waals surface area contributed by atoms with Crippen LogP contribution in [0.1, 0.15) is 35.2 Å². The molecule has 174 valence electrons. The fraction of sp³-hybridized carbons (Fsp3) is 0.222. The normalized spacial score (nSPS) is 17.1. The maximum atomic E-state index is 13.2. The van der Waals surface area contributed by atoms with Crippen molar-refractivity contribution in [2.75, 3.05) is 13.7 Å². The highest BCUT2D eigenvalue weighted by atomic mass is 16.5. The Balaban J connectivity index is 1.85. The quantitative estimate of drug-likeness (QED) is 0.320. The van der Waals surface area contributed by atoms with E-state index in [2.05, 4.69) is 4.98 Å². The Morgan fingerprint density at radius 1 is 1.09 bits per heavy atom. The third kappa shape index (κ3) is 4.37. The van der Waals surface area contributed by atoms with Crippen molar-refractivity contribution >= 4 is 17.4 Å². The molecule has 1 fully saturated rings. The number of rotatable bonds is 7. The average Bonchev–Trinajstić information content (AvgIpc) is 3.10. The number of aliphatic hydroxyl groups excluding tert-OH is 1. The summed E-state index contributed by atoms with van der Waals surface area (Å²) in [5.74, 6) is -0.298. The van der Waals surface area contributed by atoms with Gasteiger partial charge in [-0.3, -0.25) is 14.6 Å². The van der Waals surface area contributed by atoms with E-state index < -0.39 is 17.7 Å². The van der Waals surface area contributed by atoms with Crippen molar-refractivity contribution in [1.82, 2.24) is 9.88 Å². The summed E-state index contributed by atoms with van der Waals surface area (Å²) in [5, 5.41) is 11.3. The molecular formula is C27H26N2O5. The number of pyridine rings is 1. The summed E-state index contributed by atoms with van der Waals surface area (Å²) < 4.78 is 10.8. The van der Waals surface area contributed by atoms with Gasteiger partial charge in [-0.2, -0.15) is 0 Å². The monoisotopic (exact) mass is 458 g/mol. The number of Topliss-reactive ketones (excluding diaryl/α,β-unsaturated/α-hetero) is 1. The molecule has 1 aliphatic heterocycles. The molecule has 34 heavy (non-hydrogen) atoms. The summed E-state index contributed by atoms with van der Waals surface area (Å²) in [4.78, 5) is 32.0. The van der Waals surface area contributed by atoms with Crippen LogP contribution >= 0.6 is 0 Å². The van der Waals surface area contributed by atoms with Crippen molar-refractivity contribution in [1.29, 1.82) is 0 Å². The maximum Gasteiger partial charge on any atom is 0.295 e. The first kappa shape index (κ1) is 23.0. The van der Waals surface area contributed by atoms with E-state index in [0.717, 1.165) is 11.1 Å². The Labute approximate surface area is 198 Å². The molecule has 4 rings (SSSR count). The molecule has 3 aromatic rings. The van der Waals surface area contributed by atoms with Gasteiger partial charge in [-0.1, -0.05) is 18.2 Å². The second-order valence-corrected chi connectivity index (χ2v) is 7.97. The fourth-order valence-electron chi connectivity index (χ4n) is 4.16. The number of carbonyl (C=O) groups excluding carboxylic acids is 2. The molecule has 2 aromatic carbocycles. The largest absolute Gasteiger partial charge is 0.507 e. The Bertz CT molecular complexity index is 1240. The number of amides is 1. The molecule has 0 saturated carbocycles. The lowest BCUT2D eigenvalue weighted by molar-refractivity contribution is -0.140. The van der Waals surface area contributed by atoms with E-state index in [9.17, 15) is 14.7 Å². The first-order chi connectivity index (χ1) is 16.4. The minimum Gasteiger partial charge on any atom is -0.507 e. The SMILES string of the molecule is CCOc1ccc([C@H]2/C(=C(\O)c3ccc(OC)cc3C)C(=O)C(=O)N2Cc2cccnc2)cc1. The zero-order chi connectivity index (χ0) is 24.2. The van der Waals surface area contributed by atoms with Gasteiger partial charge in [-0.25, -0.2) is 0 Å². The van der Waals surface area contributed by atoms with Crippen LogP contribution in [0.2, 0.25) is 0 Å². The highest BCUT2D eigenvalue weighted by Crippen LogP contribution is 2.41. The Morgan fingerprint density at radius 3 is 2.44 bits per heavy atom. The average molecular weight is 459 g/mol. The molecule has 1 saturated heterocycles. The number of aliphatic hydroxyl groups is 1. The number of aryl methyl sites for hydroxylation is 1. The standard InChI is InChI=1S/C27H26N2O5/c1-4-34-20-9-7-19(8-10-20)24-23(25(30)22-12-11-21(33-3)14-17(22)2)26(31)27(32)29(24)16-18-6-5-13-28-15-18/h5-15,24,30H,4,16H2,1-3H3/b25-23+/t24-/m0/s1. The zero-order valence-corrected chi connectivity index (χ0v) is 19.3. The fourth-order valence-corrected chi connectivity index (χ4v) is 4.16. The second-order valence-electron chi connectivity index (χ2n) is 7.97. The highest BCUT2D eigenvalue weighted by molar-refractivity contribution is 6.46. The molecule has 0 unspecified atom stereocenters. The second kappa shape index (κ2) is 9.79. The third-order valence-corrected chi connectivity index (χ3v) is 5.81. The Hall–Kier alpha value is -4.13. The van der Waals surface area contributed by atoms with E-state index >= 15 is 0 Å². The van der Waals surface area contributed by atoms with Crippen LogP contribution in [0, 0.1) is 6.92 Å². The Morgan fingerprint density at radius 2 is 1.82 bits per heavy atom. The van der Waals surface area contributed by atoms with Crippen molar-refractivity contribution in [3.63, 3.8) is 0 Å². The van der Waals surface area contributed by atoms with Crippen molar-refractivity contribution in [3.8, 4) is 11.5 Å². The number of likely N-dealkylation sites (tertiary alicyclic amines) is 1. The van der Waals surface area contributed by atoms with Gasteiger partial charge < -0.3 is 19.5 Å². The van der Waals surface area contributed by atoms with E-state index in [1.54, 1.807) is 55.9 Å². The van der Waals surface area contributed by atoms with Gasteiger partial charge in [0, 0.05) is 24.5 Å². The predicted octanol–water partition coefficient (Wildman–Crippen LogP) is 4.42. The van der Waals surface area contributed by atoms with Gasteiger partial charge in [0.15, 0.2) is 0 Å². The van der Waals surface area contributed by atoms with Crippen LogP contribution in [-0.4, -0.2) is 40.4 Å². The van der Waals surface area contributed by atoms with Gasteiger partial charge in [0.2, 0.25) is 0 Å². The van der Waals surface area contributed by atoms with Gasteiger partial charge in [-0.05, 0) is 66.9 Å². The van der Waals surface area contributed by atoms with E-state index in [4.69, 9.17) is 9.47 Å². The predicted molar refractivity (Wildman–Crippen MR) is 127 cm³/mol. The van der Waals surface area contributed by atoms with Gasteiger partial charge in [0.1, 0.15) is 17.3 Å². The van der Waals surface area contributed by atoms with Crippen LogP contribution < -0.4 is 9.47 Å². The molecule has 1 aromatic heterocycles. The molecular weight excluding hydrogens is 432 g/mol. The summed E-state index contributed by atoms with van der Waals surface area (Å²) in [7, 11) is 1.56. The molecule has 1 aliphatic rings. The summed E-state index contributed by atoms with van der Waals surface area (Å²) >= 11 is 0. The first-order valence-corrected chi connectivity index (χ1v) is 11.0. The molecule has 7 heteroatoms. The number of aromatic nitrogens is 1. The van der Waals surface area contributed by atoms with Crippen molar-refractivity contribution in [3.05, 3.63) is 94.8 Å². The lowest BCUT2D eigenvalue weighted by Gasteiger charge is -2.25. The van der Waals surface area contributed by atoms with Crippen LogP contribution in [0.25, 0.3) is 5.76 Å². The topological polar surface area (TPSA) is 89.0 Å². The van der Waals surface area contributed by atoms with E-state index in [1.807, 2.05) is 32.0 Å². The number of ketones is 1. The zero-order valence-electron chi connectivity index (χ0n) is 19.3. The summed E-state index contributed by atoms with van der Waals surface area (Å²) in [6.07, 6.45) is 3.30. The van der Waals surface area contributed by atoms with Crippen LogP contribution in [0.5, 0.6) is 11.5 Å². The maximum absolute atomic E-state index is 13.2. The molecule has 1 amide bonds. The van der Waals surface area contributed by atoms with Crippen LogP contribution in [0.4, 0.5) is 0 Å². The number of hydrogen-bond donors (Lipinski definition) is 1. The van der Waals surface area contributed by atoms with E-state index in [0.29, 0.717) is 29.2 Å². The number of methoxy groups -OCH3 is 1. The molecule has 1 N–H and O–H groups in total. The minimum absolute atomic E-state index is 0.0475. The van der Waals surface area contributed by atoms with Crippen molar-refractivity contribution in [2.24, 2.45) is 0 Å². The number of hydrogen-bond acceptors (Lipinski definition) is 6. The molecule has 2 heterocycles. The first-order valence-electron chi connectivity index (χ1n) is 11.0. The third-order valence-electron chi connectivity index (χ3n) is 5.81. The number of nitrogens with zero attached hydrogens (tertiary/aromatic N) is 2. The van der Waals surface area contributed by atoms with Crippen LogP contribution in [0.3, 0.4) is 0 Å². The van der Waals surface area contributed by atoms with Gasteiger partial charge in [0.05, 0.1) is 25.3 Å². The molecule has 0 radical (unpaired) electrons. The summed E-state index contributed by atoms with van der Waals surface area (Å²) in [6, 6.07) is 15.2. The smallest absolute Gasteiger partial charge is 0.295 e. The molecule has 0 bridgehead atoms. The molecule has 7 nitrogen and oxygen atoms in total. The number of benzene rings is 2. The van der Waals surface area contributed by atoms with E-state index in [-0.39, 0.29) is 17.9 Å². The highest BCUT2D eigenvalue weighted by Gasteiger charge is 2.46. The lowest BCUT2D eigenvalue weighted by Crippen LogP contribution is -2.29. The minimum atomic E-state index is -0.766. The van der Waals surface area contributed by atoms with E-state index in [1.165, 1.54) is 4.90 Å². The van der Waals surface area contributed by atoms with Crippen molar-refractivity contribution < 1.29 is 24.2 Å². The van der Waals surface area contributed by atoms with Crippen LogP contribution in [0.15, 0.2) is 72.6 Å². The molecule has 1 atom stereocenters. The van der Waals surface area contributed by atoms with Crippen LogP contribution in [-0.2, 0) is 16.1 Å². The van der Waals surface area contributed by atoms with Gasteiger partial charge in [0.25, 0.3) is 11.7 Å². The number of ether oxygens (including phenoxy) is 2. The molecule has 0 aliphatic carbocycles.